The molecule has 2 amide bonds. The molecule has 0 saturated heterocycles. The van der Waals surface area contributed by atoms with Crippen LogP contribution in [0.2, 0.25) is 5.02 Å². The van der Waals surface area contributed by atoms with Crippen molar-refractivity contribution in [2.45, 2.75) is 6.54 Å². The molecule has 2 aromatic carbocycles. The minimum absolute atomic E-state index is 0.0893. The molecule has 2 aromatic rings. The number of ether oxygens (including phenoxy) is 2. The number of methoxy groups -OCH3 is 1. The summed E-state index contributed by atoms with van der Waals surface area (Å²) < 4.78 is 24.5. The van der Waals surface area contributed by atoms with Gasteiger partial charge in [-0.15, -0.1) is 0 Å². The van der Waals surface area contributed by atoms with Crippen LogP contribution in [-0.4, -0.2) is 44.5 Å². The third-order valence-corrected chi connectivity index (χ3v) is 3.94. The van der Waals surface area contributed by atoms with E-state index in [0.29, 0.717) is 11.5 Å². The van der Waals surface area contributed by atoms with Crippen LogP contribution in [0.5, 0.6) is 11.5 Å². The average molecular weight is 395 g/mol. The van der Waals surface area contributed by atoms with E-state index >= 15 is 0 Å². The molecule has 0 radical (unpaired) electrons. The number of nitrogens with one attached hydrogen (secondary N) is 1. The van der Waals surface area contributed by atoms with E-state index in [1.165, 1.54) is 24.1 Å². The van der Waals surface area contributed by atoms with Gasteiger partial charge >= 0.3 is 0 Å². The second kappa shape index (κ2) is 9.23. The van der Waals surface area contributed by atoms with E-state index in [9.17, 15) is 14.0 Å². The minimum Gasteiger partial charge on any atom is -0.493 e. The Kier molecular flexibility index (Phi) is 7.01. The minimum atomic E-state index is -0.688. The number of likely N-dealkylation sites (N-methyl/N-ethyl adjacent to an activating group) is 1. The van der Waals surface area contributed by atoms with E-state index in [2.05, 4.69) is 5.32 Å². The second-order valence-electron chi connectivity index (χ2n) is 5.87. The van der Waals surface area contributed by atoms with Crippen LogP contribution in [0, 0.1) is 5.82 Å². The SMILES string of the molecule is COc1cc(CNC(=O)c2ccc(Cl)cc2F)ccc1OCC(=O)N(C)C. The van der Waals surface area contributed by atoms with Crippen LogP contribution in [0.1, 0.15) is 15.9 Å². The Balaban J connectivity index is 2.02. The summed E-state index contributed by atoms with van der Waals surface area (Å²) in [4.78, 5) is 25.2. The van der Waals surface area contributed by atoms with E-state index in [1.54, 1.807) is 32.3 Å². The van der Waals surface area contributed by atoms with Crippen molar-refractivity contribution >= 4 is 23.4 Å². The molecule has 0 saturated carbocycles. The molecule has 144 valence electrons. The van der Waals surface area contributed by atoms with Gasteiger partial charge in [-0.2, -0.15) is 0 Å². The number of carbonyl (C=O) groups excluding carboxylic acids is 2. The van der Waals surface area contributed by atoms with Gasteiger partial charge in [-0.05, 0) is 35.9 Å². The number of rotatable bonds is 7. The van der Waals surface area contributed by atoms with Gasteiger partial charge in [0, 0.05) is 25.7 Å². The lowest BCUT2D eigenvalue weighted by Gasteiger charge is -2.14. The molecule has 0 spiro atoms. The number of hydrogen-bond donors (Lipinski definition) is 1. The molecular formula is C19H20ClFN2O4. The van der Waals surface area contributed by atoms with E-state index < -0.39 is 11.7 Å². The van der Waals surface area contributed by atoms with Gasteiger partial charge in [0.1, 0.15) is 5.82 Å². The van der Waals surface area contributed by atoms with Crippen molar-refractivity contribution in [1.82, 2.24) is 10.2 Å². The number of hydrogen-bond acceptors (Lipinski definition) is 4. The Labute approximate surface area is 161 Å². The molecule has 0 aliphatic rings. The van der Waals surface area contributed by atoms with E-state index in [0.717, 1.165) is 11.6 Å². The van der Waals surface area contributed by atoms with Crippen LogP contribution in [0.3, 0.4) is 0 Å². The zero-order chi connectivity index (χ0) is 20.0. The maximum atomic E-state index is 13.8. The number of amides is 2. The normalized spacial score (nSPS) is 10.3. The van der Waals surface area contributed by atoms with Crippen molar-refractivity contribution in [2.75, 3.05) is 27.8 Å². The fourth-order valence-electron chi connectivity index (χ4n) is 2.16. The zero-order valence-electron chi connectivity index (χ0n) is 15.2. The summed E-state index contributed by atoms with van der Waals surface area (Å²) in [5.41, 5.74) is 0.634. The highest BCUT2D eigenvalue weighted by Gasteiger charge is 2.13. The molecule has 0 atom stereocenters. The Bertz CT molecular complexity index is 842. The van der Waals surface area contributed by atoms with Gasteiger partial charge in [-0.25, -0.2) is 4.39 Å². The predicted octanol–water partition coefficient (Wildman–Crippen LogP) is 2.88. The first kappa shape index (κ1) is 20.5. The topological polar surface area (TPSA) is 67.9 Å². The first-order valence-electron chi connectivity index (χ1n) is 8.05. The molecule has 0 aromatic heterocycles. The van der Waals surface area contributed by atoms with Crippen molar-refractivity contribution in [3.05, 3.63) is 58.4 Å². The van der Waals surface area contributed by atoms with Crippen LogP contribution in [0.25, 0.3) is 0 Å². The fourth-order valence-corrected chi connectivity index (χ4v) is 2.32. The molecule has 8 heteroatoms. The Morgan fingerprint density at radius 3 is 2.52 bits per heavy atom. The molecule has 0 aliphatic carbocycles. The van der Waals surface area contributed by atoms with Gasteiger partial charge in [-0.3, -0.25) is 9.59 Å². The average Bonchev–Trinajstić information content (AvgIpc) is 2.64. The van der Waals surface area contributed by atoms with Crippen molar-refractivity contribution in [3.63, 3.8) is 0 Å². The van der Waals surface area contributed by atoms with E-state index in [4.69, 9.17) is 21.1 Å². The molecule has 0 fully saturated rings. The van der Waals surface area contributed by atoms with Crippen LogP contribution < -0.4 is 14.8 Å². The van der Waals surface area contributed by atoms with Crippen LogP contribution >= 0.6 is 11.6 Å². The van der Waals surface area contributed by atoms with Gasteiger partial charge in [0.05, 0.1) is 12.7 Å². The highest BCUT2D eigenvalue weighted by molar-refractivity contribution is 6.30. The summed E-state index contributed by atoms with van der Waals surface area (Å²) >= 11 is 5.68. The maximum Gasteiger partial charge on any atom is 0.259 e. The summed E-state index contributed by atoms with van der Waals surface area (Å²) in [6.07, 6.45) is 0. The van der Waals surface area contributed by atoms with Crippen molar-refractivity contribution < 1.29 is 23.5 Å². The van der Waals surface area contributed by atoms with Gasteiger partial charge in [-0.1, -0.05) is 17.7 Å². The summed E-state index contributed by atoms with van der Waals surface area (Å²) in [6, 6.07) is 8.90. The maximum absolute atomic E-state index is 13.8. The number of benzene rings is 2. The zero-order valence-corrected chi connectivity index (χ0v) is 16.0. The van der Waals surface area contributed by atoms with E-state index in [1.807, 2.05) is 0 Å². The summed E-state index contributed by atoms with van der Waals surface area (Å²) in [7, 11) is 4.75. The first-order chi connectivity index (χ1) is 12.8. The second-order valence-corrected chi connectivity index (χ2v) is 6.31. The van der Waals surface area contributed by atoms with Crippen molar-refractivity contribution in [1.29, 1.82) is 0 Å². The molecule has 27 heavy (non-hydrogen) atoms. The van der Waals surface area contributed by atoms with Crippen molar-refractivity contribution in [2.24, 2.45) is 0 Å². The first-order valence-corrected chi connectivity index (χ1v) is 8.42. The molecule has 0 aliphatic heterocycles. The van der Waals surface area contributed by atoms with Gasteiger partial charge in [0.2, 0.25) is 0 Å². The largest absolute Gasteiger partial charge is 0.493 e. The van der Waals surface area contributed by atoms with Crippen LogP contribution in [-0.2, 0) is 11.3 Å². The van der Waals surface area contributed by atoms with Gasteiger partial charge < -0.3 is 19.7 Å². The third kappa shape index (κ3) is 5.59. The molecular weight excluding hydrogens is 375 g/mol. The van der Waals surface area contributed by atoms with Crippen LogP contribution in [0.4, 0.5) is 4.39 Å². The number of nitrogens with zero attached hydrogens (tertiary/aromatic N) is 1. The lowest BCUT2D eigenvalue weighted by atomic mass is 10.1. The number of halogens is 2. The third-order valence-electron chi connectivity index (χ3n) is 3.71. The summed E-state index contributed by atoms with van der Waals surface area (Å²) in [6.45, 7) is 0.0451. The molecule has 1 N–H and O–H groups in total. The van der Waals surface area contributed by atoms with Gasteiger partial charge in [0.15, 0.2) is 18.1 Å². The lowest BCUT2D eigenvalue weighted by Crippen LogP contribution is -2.27. The Hall–Kier alpha value is -2.80. The Morgan fingerprint density at radius 2 is 1.89 bits per heavy atom. The summed E-state index contributed by atoms with van der Waals surface area (Å²) in [5.74, 6) is -0.595. The van der Waals surface area contributed by atoms with Crippen molar-refractivity contribution in [3.8, 4) is 11.5 Å². The quantitative estimate of drug-likeness (QED) is 0.784. The summed E-state index contributed by atoms with van der Waals surface area (Å²) in [5, 5.41) is 2.85. The smallest absolute Gasteiger partial charge is 0.259 e. The monoisotopic (exact) mass is 394 g/mol. The van der Waals surface area contributed by atoms with E-state index in [-0.39, 0.29) is 29.6 Å². The molecule has 6 nitrogen and oxygen atoms in total. The Morgan fingerprint density at radius 1 is 1.15 bits per heavy atom. The lowest BCUT2D eigenvalue weighted by molar-refractivity contribution is -0.130. The number of carbonyl (C=O) groups is 2. The highest BCUT2D eigenvalue weighted by atomic mass is 35.5. The highest BCUT2D eigenvalue weighted by Crippen LogP contribution is 2.28. The van der Waals surface area contributed by atoms with Crippen LogP contribution in [0.15, 0.2) is 36.4 Å². The molecule has 0 bridgehead atoms. The predicted molar refractivity (Wildman–Crippen MR) is 99.8 cm³/mol. The standard InChI is InChI=1S/C19H20ClFN2O4/c1-23(2)18(24)11-27-16-7-4-12(8-17(16)26-3)10-22-19(25)14-6-5-13(20)9-15(14)21/h4-9H,10-11H2,1-3H3,(H,22,25). The molecule has 0 unspecified atom stereocenters. The molecule has 2 rings (SSSR count). The molecule has 0 heterocycles. The fraction of sp³-hybridized carbons (Fsp3) is 0.263. The van der Waals surface area contributed by atoms with Gasteiger partial charge in [0.25, 0.3) is 11.8 Å².